The molecule has 0 atom stereocenters. The summed E-state index contributed by atoms with van der Waals surface area (Å²) in [6, 6.07) is 11.9. The normalized spacial score (nSPS) is 10.8. The third-order valence-corrected chi connectivity index (χ3v) is 3.45. The van der Waals surface area contributed by atoms with Gasteiger partial charge in [0.1, 0.15) is 0 Å². The van der Waals surface area contributed by atoms with Crippen molar-refractivity contribution in [1.82, 2.24) is 0 Å². The molecule has 0 amide bonds. The van der Waals surface area contributed by atoms with Crippen LogP contribution in [-0.4, -0.2) is 19.7 Å². The van der Waals surface area contributed by atoms with E-state index >= 15 is 0 Å². The Kier molecular flexibility index (Phi) is 8.54. The minimum Gasteiger partial charge on any atom is -0.493 e. The number of nitrogens with zero attached hydrogens (tertiary/aromatic N) is 1. The molecule has 2 rings (SSSR count). The molecule has 2 aromatic rings. The Morgan fingerprint density at radius 3 is 2.36 bits per heavy atom. The van der Waals surface area contributed by atoms with Gasteiger partial charge in [-0.3, -0.25) is 0 Å². The van der Waals surface area contributed by atoms with E-state index in [2.05, 4.69) is 30.2 Å². The summed E-state index contributed by atoms with van der Waals surface area (Å²) < 4.78 is 10.9. The molecule has 0 saturated carbocycles. The Bertz CT molecular complexity index is 712. The first-order valence-electron chi connectivity index (χ1n) is 7.96. The van der Waals surface area contributed by atoms with Crippen LogP contribution in [0.1, 0.15) is 23.6 Å². The number of ether oxygens (including phenoxy) is 2. The fraction of sp³-hybridized carbons (Fsp3) is 0.316. The molecule has 25 heavy (non-hydrogen) atoms. The van der Waals surface area contributed by atoms with Crippen molar-refractivity contribution in [2.24, 2.45) is 10.7 Å². The van der Waals surface area contributed by atoms with Gasteiger partial charge in [-0.05, 0) is 61.7 Å². The van der Waals surface area contributed by atoms with Gasteiger partial charge in [-0.2, -0.15) is 0 Å². The minimum absolute atomic E-state index is 0. The molecule has 0 heterocycles. The SMILES string of the molecule is CCOc1cc(CN=C(N)Nc2cc(C)cc(C)c2)ccc1OC.I. The molecule has 6 heteroatoms. The average Bonchev–Trinajstić information content (AvgIpc) is 2.52. The number of hydrogen-bond acceptors (Lipinski definition) is 3. The predicted octanol–water partition coefficient (Wildman–Crippen LogP) is 4.26. The summed E-state index contributed by atoms with van der Waals surface area (Å²) in [5.74, 6) is 1.81. The fourth-order valence-electron chi connectivity index (χ4n) is 2.50. The molecule has 5 nitrogen and oxygen atoms in total. The molecule has 0 spiro atoms. The number of halogens is 1. The first-order valence-corrected chi connectivity index (χ1v) is 7.96. The van der Waals surface area contributed by atoms with Crippen LogP contribution in [0.3, 0.4) is 0 Å². The van der Waals surface area contributed by atoms with E-state index in [4.69, 9.17) is 15.2 Å². The van der Waals surface area contributed by atoms with Crippen molar-refractivity contribution in [3.05, 3.63) is 53.1 Å². The monoisotopic (exact) mass is 455 g/mol. The number of methoxy groups -OCH3 is 1. The lowest BCUT2D eigenvalue weighted by atomic mass is 10.1. The third-order valence-electron chi connectivity index (χ3n) is 3.45. The van der Waals surface area contributed by atoms with Crippen molar-refractivity contribution < 1.29 is 9.47 Å². The van der Waals surface area contributed by atoms with Crippen LogP contribution in [-0.2, 0) is 6.54 Å². The Hall–Kier alpha value is -1.96. The summed E-state index contributed by atoms with van der Waals surface area (Å²) >= 11 is 0. The molecule has 0 bridgehead atoms. The summed E-state index contributed by atoms with van der Waals surface area (Å²) in [5.41, 5.74) is 10.3. The van der Waals surface area contributed by atoms with E-state index in [9.17, 15) is 0 Å². The summed E-state index contributed by atoms with van der Waals surface area (Å²) in [5, 5.41) is 3.13. The Balaban J connectivity index is 0.00000312. The number of rotatable bonds is 6. The van der Waals surface area contributed by atoms with E-state index in [1.54, 1.807) is 7.11 Å². The summed E-state index contributed by atoms with van der Waals surface area (Å²) in [6.07, 6.45) is 0. The quantitative estimate of drug-likeness (QED) is 0.388. The van der Waals surface area contributed by atoms with Gasteiger partial charge in [0.15, 0.2) is 17.5 Å². The zero-order valence-electron chi connectivity index (χ0n) is 15.1. The van der Waals surface area contributed by atoms with Gasteiger partial charge in [-0.25, -0.2) is 4.99 Å². The lowest BCUT2D eigenvalue weighted by Crippen LogP contribution is -2.22. The number of aryl methyl sites for hydroxylation is 2. The molecule has 0 fully saturated rings. The highest BCUT2D eigenvalue weighted by molar-refractivity contribution is 14.0. The smallest absolute Gasteiger partial charge is 0.193 e. The van der Waals surface area contributed by atoms with E-state index in [0.717, 1.165) is 11.3 Å². The Morgan fingerprint density at radius 2 is 1.76 bits per heavy atom. The average molecular weight is 455 g/mol. The van der Waals surface area contributed by atoms with Crippen LogP contribution in [0.5, 0.6) is 11.5 Å². The highest BCUT2D eigenvalue weighted by Gasteiger charge is 2.05. The van der Waals surface area contributed by atoms with E-state index in [1.165, 1.54) is 11.1 Å². The standard InChI is InChI=1S/C19H25N3O2.HI/c1-5-24-18-11-15(6-7-17(18)23-4)12-21-19(20)22-16-9-13(2)8-14(3)10-16;/h6-11H,5,12H2,1-4H3,(H3,20,21,22);1H. The molecule has 0 saturated heterocycles. The maximum absolute atomic E-state index is 5.99. The van der Waals surface area contributed by atoms with Gasteiger partial charge in [0.25, 0.3) is 0 Å². The molecule has 0 aliphatic carbocycles. The number of hydrogen-bond donors (Lipinski definition) is 2. The topological polar surface area (TPSA) is 68.9 Å². The molecule has 136 valence electrons. The maximum atomic E-state index is 5.99. The Labute approximate surface area is 166 Å². The lowest BCUT2D eigenvalue weighted by molar-refractivity contribution is 0.310. The van der Waals surface area contributed by atoms with E-state index in [-0.39, 0.29) is 24.0 Å². The van der Waals surface area contributed by atoms with Gasteiger partial charge in [0.05, 0.1) is 20.3 Å². The van der Waals surface area contributed by atoms with Crippen molar-refractivity contribution in [3.63, 3.8) is 0 Å². The highest BCUT2D eigenvalue weighted by Crippen LogP contribution is 2.28. The first-order chi connectivity index (χ1) is 11.5. The van der Waals surface area contributed by atoms with Crippen molar-refractivity contribution in [2.75, 3.05) is 19.0 Å². The van der Waals surface area contributed by atoms with Crippen molar-refractivity contribution >= 4 is 35.6 Å². The molecule has 0 aromatic heterocycles. The van der Waals surface area contributed by atoms with E-state index in [0.29, 0.717) is 30.6 Å². The number of nitrogens with two attached hydrogens (primary N) is 1. The molecular weight excluding hydrogens is 429 g/mol. The molecule has 0 aliphatic rings. The largest absolute Gasteiger partial charge is 0.493 e. The first kappa shape index (κ1) is 21.1. The van der Waals surface area contributed by atoms with Crippen molar-refractivity contribution in [1.29, 1.82) is 0 Å². The predicted molar refractivity (Wildman–Crippen MR) is 114 cm³/mol. The van der Waals surface area contributed by atoms with Gasteiger partial charge in [0, 0.05) is 5.69 Å². The van der Waals surface area contributed by atoms with E-state index < -0.39 is 0 Å². The van der Waals surface area contributed by atoms with Gasteiger partial charge in [-0.1, -0.05) is 12.1 Å². The molecule has 3 N–H and O–H groups in total. The lowest BCUT2D eigenvalue weighted by Gasteiger charge is -2.11. The van der Waals surface area contributed by atoms with Gasteiger partial charge in [0.2, 0.25) is 0 Å². The summed E-state index contributed by atoms with van der Waals surface area (Å²) in [7, 11) is 1.63. The summed E-state index contributed by atoms with van der Waals surface area (Å²) in [4.78, 5) is 4.39. The third kappa shape index (κ3) is 6.45. The van der Waals surface area contributed by atoms with Gasteiger partial charge in [-0.15, -0.1) is 24.0 Å². The number of nitrogens with one attached hydrogen (secondary N) is 1. The second kappa shape index (κ2) is 10.1. The van der Waals surface area contributed by atoms with Crippen LogP contribution in [0.2, 0.25) is 0 Å². The highest BCUT2D eigenvalue weighted by atomic mass is 127. The van der Waals surface area contributed by atoms with Crippen LogP contribution in [0.25, 0.3) is 0 Å². The van der Waals surface area contributed by atoms with Crippen LogP contribution >= 0.6 is 24.0 Å². The van der Waals surface area contributed by atoms with Crippen LogP contribution in [0.4, 0.5) is 5.69 Å². The van der Waals surface area contributed by atoms with Crippen LogP contribution in [0.15, 0.2) is 41.4 Å². The van der Waals surface area contributed by atoms with E-state index in [1.807, 2.05) is 37.3 Å². The molecule has 0 unspecified atom stereocenters. The fourth-order valence-corrected chi connectivity index (χ4v) is 2.50. The molecule has 2 aromatic carbocycles. The van der Waals surface area contributed by atoms with Crippen LogP contribution in [0, 0.1) is 13.8 Å². The number of benzene rings is 2. The molecular formula is C19H26IN3O2. The molecule has 0 aliphatic heterocycles. The number of anilines is 1. The van der Waals surface area contributed by atoms with Gasteiger partial charge < -0.3 is 20.5 Å². The Morgan fingerprint density at radius 1 is 1.08 bits per heavy atom. The van der Waals surface area contributed by atoms with Crippen molar-refractivity contribution in [3.8, 4) is 11.5 Å². The number of guanidine groups is 1. The second-order valence-electron chi connectivity index (χ2n) is 5.62. The second-order valence-corrected chi connectivity index (χ2v) is 5.62. The zero-order chi connectivity index (χ0) is 17.5. The minimum atomic E-state index is 0. The van der Waals surface area contributed by atoms with Crippen molar-refractivity contribution in [2.45, 2.75) is 27.3 Å². The zero-order valence-corrected chi connectivity index (χ0v) is 17.5. The summed E-state index contributed by atoms with van der Waals surface area (Å²) in [6.45, 7) is 7.10. The van der Waals surface area contributed by atoms with Gasteiger partial charge >= 0.3 is 0 Å². The van der Waals surface area contributed by atoms with Crippen LogP contribution < -0.4 is 20.5 Å². The molecule has 0 radical (unpaired) electrons. The maximum Gasteiger partial charge on any atom is 0.193 e. The number of aliphatic imine (C=N–C) groups is 1.